The van der Waals surface area contributed by atoms with Crippen molar-refractivity contribution in [2.24, 2.45) is 0 Å². The Hall–Kier alpha value is -0.830. The van der Waals surface area contributed by atoms with Crippen molar-refractivity contribution in [1.82, 2.24) is 0 Å². The third-order valence-electron chi connectivity index (χ3n) is 6.39. The summed E-state index contributed by atoms with van der Waals surface area (Å²) < 4.78 is 5.28. The van der Waals surface area contributed by atoms with Crippen LogP contribution in [0.5, 0.6) is 0 Å². The molecule has 0 unspecified atom stereocenters. The second-order valence-corrected chi connectivity index (χ2v) is 9.37. The van der Waals surface area contributed by atoms with Crippen molar-refractivity contribution >= 4 is 5.97 Å². The van der Waals surface area contributed by atoms with Gasteiger partial charge in [0.1, 0.15) is 6.10 Å². The van der Waals surface area contributed by atoms with E-state index < -0.39 is 0 Å². The number of carbonyl (C=O) groups excluding carboxylic acids is 1. The molecule has 2 atom stereocenters. The van der Waals surface area contributed by atoms with E-state index in [1.54, 1.807) is 0 Å². The SMILES string of the molecule is CCCCCCCCCCCCCCC[C@H](O)CCCCCC[C@H]1CC=CC(=O)O1. The summed E-state index contributed by atoms with van der Waals surface area (Å²) in [5.41, 5.74) is 0. The Kier molecular flexibility index (Phi) is 18.2. The van der Waals surface area contributed by atoms with Gasteiger partial charge in [-0.25, -0.2) is 4.79 Å². The van der Waals surface area contributed by atoms with Gasteiger partial charge in [0, 0.05) is 12.5 Å². The second kappa shape index (κ2) is 20.1. The molecule has 1 heterocycles. The van der Waals surface area contributed by atoms with Crippen molar-refractivity contribution in [3.8, 4) is 0 Å². The molecule has 0 aromatic carbocycles. The van der Waals surface area contributed by atoms with Crippen LogP contribution in [-0.2, 0) is 9.53 Å². The molecule has 1 aliphatic rings. The number of ether oxygens (including phenoxy) is 1. The van der Waals surface area contributed by atoms with Crippen LogP contribution in [0, 0.1) is 0 Å². The molecule has 0 saturated carbocycles. The van der Waals surface area contributed by atoms with Gasteiger partial charge in [-0.3, -0.25) is 0 Å². The maximum Gasteiger partial charge on any atom is 0.330 e. The molecule has 3 nitrogen and oxygen atoms in total. The highest BCUT2D eigenvalue weighted by Gasteiger charge is 2.15. The molecule has 0 spiro atoms. The molecule has 30 heavy (non-hydrogen) atoms. The van der Waals surface area contributed by atoms with Crippen LogP contribution in [-0.4, -0.2) is 23.3 Å². The van der Waals surface area contributed by atoms with Gasteiger partial charge in [-0.2, -0.15) is 0 Å². The fraction of sp³-hybridized carbons (Fsp3) is 0.889. The Morgan fingerprint density at radius 3 is 1.77 bits per heavy atom. The van der Waals surface area contributed by atoms with Gasteiger partial charge in [0.15, 0.2) is 0 Å². The highest BCUT2D eigenvalue weighted by atomic mass is 16.5. The highest BCUT2D eigenvalue weighted by molar-refractivity contribution is 5.82. The predicted molar refractivity (Wildman–Crippen MR) is 128 cm³/mol. The van der Waals surface area contributed by atoms with Crippen LogP contribution in [0.3, 0.4) is 0 Å². The molecule has 3 heteroatoms. The quantitative estimate of drug-likeness (QED) is 0.150. The molecular weight excluding hydrogens is 372 g/mol. The first-order valence-electron chi connectivity index (χ1n) is 13.3. The Labute approximate surface area is 187 Å². The maximum absolute atomic E-state index is 11.2. The number of carbonyl (C=O) groups is 1. The summed E-state index contributed by atoms with van der Waals surface area (Å²) in [4.78, 5) is 11.2. The van der Waals surface area contributed by atoms with Gasteiger partial charge in [-0.15, -0.1) is 0 Å². The van der Waals surface area contributed by atoms with Gasteiger partial charge in [0.05, 0.1) is 6.10 Å². The Morgan fingerprint density at radius 2 is 1.27 bits per heavy atom. The lowest BCUT2D eigenvalue weighted by atomic mass is 10.0. The van der Waals surface area contributed by atoms with Crippen LogP contribution < -0.4 is 0 Å². The van der Waals surface area contributed by atoms with E-state index in [4.69, 9.17) is 4.74 Å². The molecular formula is C27H50O3. The van der Waals surface area contributed by atoms with Crippen LogP contribution >= 0.6 is 0 Å². The van der Waals surface area contributed by atoms with Gasteiger partial charge in [-0.05, 0) is 25.7 Å². The molecule has 0 aromatic rings. The van der Waals surface area contributed by atoms with E-state index in [1.807, 2.05) is 6.08 Å². The van der Waals surface area contributed by atoms with Gasteiger partial charge in [-0.1, -0.05) is 116 Å². The van der Waals surface area contributed by atoms with Crippen LogP contribution in [0.1, 0.15) is 142 Å². The lowest BCUT2D eigenvalue weighted by Crippen LogP contribution is -2.19. The third-order valence-corrected chi connectivity index (χ3v) is 6.39. The maximum atomic E-state index is 11.2. The largest absolute Gasteiger partial charge is 0.459 e. The lowest BCUT2D eigenvalue weighted by Gasteiger charge is -2.18. The van der Waals surface area contributed by atoms with E-state index in [1.165, 1.54) is 102 Å². The van der Waals surface area contributed by atoms with E-state index in [9.17, 15) is 9.90 Å². The average molecular weight is 423 g/mol. The molecule has 0 radical (unpaired) electrons. The highest BCUT2D eigenvalue weighted by Crippen LogP contribution is 2.18. The van der Waals surface area contributed by atoms with E-state index in [0.29, 0.717) is 0 Å². The van der Waals surface area contributed by atoms with Crippen molar-refractivity contribution in [1.29, 1.82) is 0 Å². The smallest absolute Gasteiger partial charge is 0.330 e. The first-order chi connectivity index (χ1) is 14.7. The fourth-order valence-electron chi connectivity index (χ4n) is 4.39. The van der Waals surface area contributed by atoms with E-state index in [2.05, 4.69) is 6.92 Å². The summed E-state index contributed by atoms with van der Waals surface area (Å²) in [6.07, 6.45) is 29.6. The monoisotopic (exact) mass is 422 g/mol. The number of hydrogen-bond donors (Lipinski definition) is 1. The molecule has 1 aliphatic heterocycles. The standard InChI is InChI=1S/C27H50O3/c1-2-3-4-5-6-7-8-9-10-11-12-13-16-20-25(28)21-17-14-15-18-22-26-23-19-24-27(29)30-26/h19,24-26,28H,2-18,20-23H2,1H3/t25-,26-/m0/s1. The van der Waals surface area contributed by atoms with E-state index in [0.717, 1.165) is 38.5 Å². The van der Waals surface area contributed by atoms with Gasteiger partial charge in [0.25, 0.3) is 0 Å². The third kappa shape index (κ3) is 16.9. The van der Waals surface area contributed by atoms with Gasteiger partial charge < -0.3 is 9.84 Å². The number of hydrogen-bond acceptors (Lipinski definition) is 3. The zero-order valence-corrected chi connectivity index (χ0v) is 19.9. The van der Waals surface area contributed by atoms with Gasteiger partial charge >= 0.3 is 5.97 Å². The molecule has 176 valence electrons. The topological polar surface area (TPSA) is 46.5 Å². The van der Waals surface area contributed by atoms with Crippen molar-refractivity contribution in [3.05, 3.63) is 12.2 Å². The van der Waals surface area contributed by atoms with Crippen LogP contribution in [0.4, 0.5) is 0 Å². The van der Waals surface area contributed by atoms with Crippen LogP contribution in [0.15, 0.2) is 12.2 Å². The average Bonchev–Trinajstić information content (AvgIpc) is 2.74. The summed E-state index contributed by atoms with van der Waals surface area (Å²) in [6.45, 7) is 2.28. The summed E-state index contributed by atoms with van der Waals surface area (Å²) in [7, 11) is 0. The summed E-state index contributed by atoms with van der Waals surface area (Å²) in [5.74, 6) is -0.192. The van der Waals surface area contributed by atoms with E-state index >= 15 is 0 Å². The van der Waals surface area contributed by atoms with Crippen LogP contribution in [0.2, 0.25) is 0 Å². The molecule has 0 aliphatic carbocycles. The number of cyclic esters (lactones) is 1. The minimum atomic E-state index is -0.192. The van der Waals surface area contributed by atoms with Crippen molar-refractivity contribution in [3.63, 3.8) is 0 Å². The number of unbranched alkanes of at least 4 members (excludes halogenated alkanes) is 15. The minimum absolute atomic E-state index is 0.0867. The number of esters is 1. The molecule has 0 aromatic heterocycles. The Morgan fingerprint density at radius 1 is 0.800 bits per heavy atom. The fourth-order valence-corrected chi connectivity index (χ4v) is 4.39. The van der Waals surface area contributed by atoms with Crippen molar-refractivity contribution < 1.29 is 14.6 Å². The number of rotatable bonds is 21. The Balaban J connectivity index is 1.75. The summed E-state index contributed by atoms with van der Waals surface area (Å²) >= 11 is 0. The zero-order valence-electron chi connectivity index (χ0n) is 19.9. The minimum Gasteiger partial charge on any atom is -0.459 e. The molecule has 1 rings (SSSR count). The molecule has 0 saturated heterocycles. The molecule has 0 bridgehead atoms. The first kappa shape index (κ1) is 27.2. The predicted octanol–water partition coefficient (Wildman–Crippen LogP) is 8.04. The molecule has 0 amide bonds. The lowest BCUT2D eigenvalue weighted by molar-refractivity contribution is -0.144. The van der Waals surface area contributed by atoms with Crippen molar-refractivity contribution in [2.45, 2.75) is 154 Å². The van der Waals surface area contributed by atoms with Gasteiger partial charge in [0.2, 0.25) is 0 Å². The van der Waals surface area contributed by atoms with E-state index in [-0.39, 0.29) is 18.2 Å². The zero-order chi connectivity index (χ0) is 21.7. The summed E-state index contributed by atoms with van der Waals surface area (Å²) in [6, 6.07) is 0. The van der Waals surface area contributed by atoms with Crippen LogP contribution in [0.25, 0.3) is 0 Å². The molecule has 0 fully saturated rings. The number of aliphatic hydroxyl groups excluding tert-OH is 1. The normalized spacial score (nSPS) is 17.3. The first-order valence-corrected chi connectivity index (χ1v) is 13.3. The van der Waals surface area contributed by atoms with Crippen molar-refractivity contribution in [2.75, 3.05) is 0 Å². The Bertz CT molecular complexity index is 418. The number of aliphatic hydroxyl groups is 1. The summed E-state index contributed by atoms with van der Waals surface area (Å²) in [5, 5.41) is 10.2. The molecule has 1 N–H and O–H groups in total. The second-order valence-electron chi connectivity index (χ2n) is 9.37.